The normalized spacial score (nSPS) is 25.1. The van der Waals surface area contributed by atoms with Crippen molar-refractivity contribution in [1.82, 2.24) is 4.98 Å². The molecule has 0 spiro atoms. The minimum atomic E-state index is -1.17. The van der Waals surface area contributed by atoms with E-state index in [1.54, 1.807) is 6.07 Å². The van der Waals surface area contributed by atoms with E-state index in [2.05, 4.69) is 30.9 Å². The third kappa shape index (κ3) is 7.25. The number of pyridine rings is 1. The van der Waals surface area contributed by atoms with E-state index in [1.165, 1.54) is 20.0 Å². The molecule has 2 heterocycles. The fourth-order valence-electron chi connectivity index (χ4n) is 2.78. The van der Waals surface area contributed by atoms with Crippen molar-refractivity contribution in [2.24, 2.45) is 5.11 Å². The molecule has 31 heavy (non-hydrogen) atoms. The topological polar surface area (TPSA) is 150 Å². The number of azide groups is 1. The second-order valence-corrected chi connectivity index (χ2v) is 8.58. The number of nitrogens with zero attached hydrogens (tertiary/aromatic N) is 4. The first kappa shape index (κ1) is 25.2. The number of hydrogen-bond acceptors (Lipinski definition) is 10. The zero-order chi connectivity index (χ0) is 23.1. The van der Waals surface area contributed by atoms with Gasteiger partial charge in [0.1, 0.15) is 41.0 Å². The maximum absolute atomic E-state index is 11.8. The summed E-state index contributed by atoms with van der Waals surface area (Å²) in [5.41, 5.74) is 8.15. The van der Waals surface area contributed by atoms with Crippen LogP contribution in [0.5, 0.6) is 0 Å². The summed E-state index contributed by atoms with van der Waals surface area (Å²) >= 11 is 10.4. The van der Waals surface area contributed by atoms with Gasteiger partial charge in [0.25, 0.3) is 0 Å². The zero-order valence-corrected chi connectivity index (χ0v) is 19.7. The SMILES string of the molecule is CC(=O)OC[C@H]1O[C@H](Sc2cc(Cl)cnc2Br)[C@H](OC(C)=O)[C@@H](N=[N+]=[N-])[C@H]1OC(C)=O. The van der Waals surface area contributed by atoms with Gasteiger partial charge in [-0.05, 0) is 27.5 Å². The molecule has 0 aromatic carbocycles. The Balaban J connectivity index is 2.47. The van der Waals surface area contributed by atoms with E-state index in [0.29, 0.717) is 14.5 Å². The molecule has 1 saturated heterocycles. The van der Waals surface area contributed by atoms with Crippen LogP contribution in [0.1, 0.15) is 20.8 Å². The highest BCUT2D eigenvalue weighted by molar-refractivity contribution is 9.10. The molecule has 1 aliphatic rings. The van der Waals surface area contributed by atoms with E-state index < -0.39 is 47.7 Å². The Morgan fingerprint density at radius 3 is 2.48 bits per heavy atom. The second kappa shape index (κ2) is 11.5. The van der Waals surface area contributed by atoms with Crippen LogP contribution in [-0.2, 0) is 33.3 Å². The molecule has 0 amide bonds. The van der Waals surface area contributed by atoms with Crippen molar-refractivity contribution in [3.05, 3.63) is 32.3 Å². The third-order valence-electron chi connectivity index (χ3n) is 3.87. The predicted octanol–water partition coefficient (Wildman–Crippen LogP) is 3.42. The number of rotatable bonds is 7. The zero-order valence-electron chi connectivity index (χ0n) is 16.6. The highest BCUT2D eigenvalue weighted by atomic mass is 79.9. The molecule has 168 valence electrons. The van der Waals surface area contributed by atoms with Gasteiger partial charge in [-0.1, -0.05) is 28.5 Å². The Hall–Kier alpha value is -2.05. The lowest BCUT2D eigenvalue weighted by atomic mass is 9.97. The van der Waals surface area contributed by atoms with E-state index in [9.17, 15) is 14.4 Å². The first-order chi connectivity index (χ1) is 14.6. The Morgan fingerprint density at radius 1 is 1.26 bits per heavy atom. The number of carbonyl (C=O) groups excluding carboxylic acids is 3. The molecule has 0 unspecified atom stereocenters. The van der Waals surface area contributed by atoms with Gasteiger partial charge >= 0.3 is 17.9 Å². The van der Waals surface area contributed by atoms with Gasteiger partial charge in [-0.15, -0.1) is 0 Å². The molecule has 0 aliphatic carbocycles. The van der Waals surface area contributed by atoms with Crippen LogP contribution >= 0.6 is 39.3 Å². The van der Waals surface area contributed by atoms with Crippen LogP contribution in [0, 0.1) is 0 Å². The van der Waals surface area contributed by atoms with Crippen molar-refractivity contribution in [3.63, 3.8) is 0 Å². The Morgan fingerprint density at radius 2 is 1.90 bits per heavy atom. The fraction of sp³-hybridized carbons (Fsp3) is 0.529. The lowest BCUT2D eigenvalue weighted by Gasteiger charge is -2.43. The average molecular weight is 538 g/mol. The van der Waals surface area contributed by atoms with Crippen molar-refractivity contribution in [3.8, 4) is 0 Å². The van der Waals surface area contributed by atoms with Gasteiger partial charge in [0.05, 0.1) is 5.02 Å². The smallest absolute Gasteiger partial charge is 0.303 e. The van der Waals surface area contributed by atoms with Crippen LogP contribution in [0.2, 0.25) is 5.02 Å². The number of carbonyl (C=O) groups is 3. The summed E-state index contributed by atoms with van der Waals surface area (Å²) in [6.45, 7) is 3.25. The Labute approximate surface area is 194 Å². The molecule has 1 aromatic heterocycles. The summed E-state index contributed by atoms with van der Waals surface area (Å²) in [4.78, 5) is 42.2. The highest BCUT2D eigenvalue weighted by Gasteiger charge is 2.50. The number of hydrogen-bond donors (Lipinski definition) is 0. The summed E-state index contributed by atoms with van der Waals surface area (Å²) < 4.78 is 22.1. The van der Waals surface area contributed by atoms with Gasteiger partial charge < -0.3 is 18.9 Å². The van der Waals surface area contributed by atoms with Crippen LogP contribution in [0.15, 0.2) is 26.9 Å². The van der Waals surface area contributed by atoms with Crippen molar-refractivity contribution in [1.29, 1.82) is 0 Å². The van der Waals surface area contributed by atoms with E-state index in [1.807, 2.05) is 0 Å². The van der Waals surface area contributed by atoms with Gasteiger partial charge in [-0.25, -0.2) is 4.98 Å². The Kier molecular flexibility index (Phi) is 9.38. The minimum absolute atomic E-state index is 0.288. The molecule has 1 aromatic rings. The number of esters is 3. The van der Waals surface area contributed by atoms with E-state index in [4.69, 9.17) is 36.1 Å². The third-order valence-corrected chi connectivity index (χ3v) is 6.15. The summed E-state index contributed by atoms with van der Waals surface area (Å²) in [5.74, 6) is -1.94. The van der Waals surface area contributed by atoms with Crippen LogP contribution in [0.4, 0.5) is 0 Å². The largest absolute Gasteiger partial charge is 0.463 e. The molecule has 14 heteroatoms. The van der Waals surface area contributed by atoms with Crippen molar-refractivity contribution in [2.75, 3.05) is 6.61 Å². The number of halogens is 2. The summed E-state index contributed by atoms with van der Waals surface area (Å²) in [7, 11) is 0. The van der Waals surface area contributed by atoms with E-state index >= 15 is 0 Å². The fourth-order valence-corrected chi connectivity index (χ4v) is 4.64. The van der Waals surface area contributed by atoms with Gasteiger partial charge in [0.2, 0.25) is 0 Å². The molecule has 0 saturated carbocycles. The molecule has 0 bridgehead atoms. The standard InChI is InChI=1S/C17H18BrClN4O7S/c1-7(24)27-6-11-14(28-8(2)25)13(22-23-20)15(29-9(3)26)17(30-11)31-12-4-10(19)5-21-16(12)18/h4-5,11,13-15,17H,6H2,1-3H3/t11-,13+,14+,15-,17-/m1/s1. The molecular weight excluding hydrogens is 520 g/mol. The predicted molar refractivity (Wildman–Crippen MR) is 112 cm³/mol. The molecule has 5 atom stereocenters. The molecule has 0 radical (unpaired) electrons. The van der Waals surface area contributed by atoms with Crippen LogP contribution in [0.25, 0.3) is 10.4 Å². The molecule has 1 aliphatic heterocycles. The van der Waals surface area contributed by atoms with Crippen molar-refractivity contribution in [2.45, 2.75) is 55.5 Å². The van der Waals surface area contributed by atoms with Crippen LogP contribution < -0.4 is 0 Å². The molecule has 11 nitrogen and oxygen atoms in total. The lowest BCUT2D eigenvalue weighted by molar-refractivity contribution is -0.201. The monoisotopic (exact) mass is 536 g/mol. The van der Waals surface area contributed by atoms with Gasteiger partial charge in [-0.3, -0.25) is 14.4 Å². The Bertz CT molecular complexity index is 901. The maximum Gasteiger partial charge on any atom is 0.303 e. The first-order valence-electron chi connectivity index (χ1n) is 8.77. The maximum atomic E-state index is 11.8. The highest BCUT2D eigenvalue weighted by Crippen LogP contribution is 2.40. The second-order valence-electron chi connectivity index (χ2n) is 6.25. The summed E-state index contributed by atoms with van der Waals surface area (Å²) in [6, 6.07) is 0.453. The first-order valence-corrected chi connectivity index (χ1v) is 10.8. The van der Waals surface area contributed by atoms with E-state index in [-0.39, 0.29) is 6.61 Å². The molecular formula is C17H18BrClN4O7S. The van der Waals surface area contributed by atoms with Gasteiger partial charge in [-0.2, -0.15) is 0 Å². The number of ether oxygens (including phenoxy) is 4. The van der Waals surface area contributed by atoms with E-state index in [0.717, 1.165) is 18.7 Å². The van der Waals surface area contributed by atoms with Crippen LogP contribution in [0.3, 0.4) is 0 Å². The molecule has 2 rings (SSSR count). The van der Waals surface area contributed by atoms with Gasteiger partial charge in [0.15, 0.2) is 0 Å². The van der Waals surface area contributed by atoms with Crippen molar-refractivity contribution < 1.29 is 33.3 Å². The molecule has 0 N–H and O–H groups in total. The lowest BCUT2D eigenvalue weighted by Crippen LogP contribution is -2.59. The average Bonchev–Trinajstić information content (AvgIpc) is 2.67. The van der Waals surface area contributed by atoms with Crippen LogP contribution in [-0.4, -0.2) is 59.3 Å². The summed E-state index contributed by atoms with van der Waals surface area (Å²) in [5, 5.41) is 4.05. The minimum Gasteiger partial charge on any atom is -0.463 e. The number of aromatic nitrogens is 1. The quantitative estimate of drug-likeness (QED) is 0.127. The van der Waals surface area contributed by atoms with Crippen molar-refractivity contribution >= 4 is 57.2 Å². The van der Waals surface area contributed by atoms with Gasteiger partial charge in [0, 0.05) is 36.8 Å². The molecule has 1 fully saturated rings. The summed E-state index contributed by atoms with van der Waals surface area (Å²) in [6.07, 6.45) is -1.88. The number of thioether (sulfide) groups is 1.